The lowest BCUT2D eigenvalue weighted by Crippen LogP contribution is -2.60. The van der Waals surface area contributed by atoms with Gasteiger partial charge < -0.3 is 10.4 Å². The summed E-state index contributed by atoms with van der Waals surface area (Å²) < 4.78 is 0. The maximum atomic E-state index is 12.5. The van der Waals surface area contributed by atoms with Crippen molar-refractivity contribution in [3.63, 3.8) is 0 Å². The molecule has 0 saturated carbocycles. The quantitative estimate of drug-likeness (QED) is 0.882. The fraction of sp³-hybridized carbons (Fsp3) is 0.250. The molecule has 3 rings (SSSR count). The summed E-state index contributed by atoms with van der Waals surface area (Å²) in [6, 6.07) is 20.0. The van der Waals surface area contributed by atoms with Gasteiger partial charge in [0.1, 0.15) is 11.8 Å². The van der Waals surface area contributed by atoms with E-state index in [0.717, 1.165) is 5.56 Å². The smallest absolute Gasteiger partial charge is 0.240 e. The van der Waals surface area contributed by atoms with Crippen LogP contribution < -0.4 is 5.32 Å². The van der Waals surface area contributed by atoms with E-state index in [1.165, 1.54) is 0 Å². The lowest BCUT2D eigenvalue weighted by atomic mass is 9.68. The van der Waals surface area contributed by atoms with E-state index < -0.39 is 29.4 Å². The van der Waals surface area contributed by atoms with E-state index in [1.807, 2.05) is 25.1 Å². The molecule has 0 aliphatic carbocycles. The number of hydrogen-bond donors (Lipinski definition) is 2. The van der Waals surface area contributed by atoms with Crippen molar-refractivity contribution in [2.24, 2.45) is 11.8 Å². The Kier molecular flexibility index (Phi) is 4.27. The van der Waals surface area contributed by atoms with Crippen molar-refractivity contribution in [2.75, 3.05) is 0 Å². The highest BCUT2D eigenvalue weighted by Gasteiger charge is 2.54. The molecule has 1 aliphatic rings. The van der Waals surface area contributed by atoms with Crippen LogP contribution >= 0.6 is 0 Å². The molecule has 25 heavy (non-hydrogen) atoms. The summed E-state index contributed by atoms with van der Waals surface area (Å²) in [4.78, 5) is 12.5. The second kappa shape index (κ2) is 6.39. The first kappa shape index (κ1) is 16.7. The molecular formula is C20H17N3O2. The largest absolute Gasteiger partial charge is 0.366 e. The van der Waals surface area contributed by atoms with Crippen LogP contribution in [-0.4, -0.2) is 11.0 Å². The molecule has 2 aromatic rings. The summed E-state index contributed by atoms with van der Waals surface area (Å²) in [5, 5.41) is 33.0. The van der Waals surface area contributed by atoms with Crippen LogP contribution in [0.3, 0.4) is 0 Å². The predicted molar refractivity (Wildman–Crippen MR) is 90.6 cm³/mol. The zero-order chi connectivity index (χ0) is 18.0. The predicted octanol–water partition coefficient (Wildman–Crippen LogP) is 2.33. The molecule has 1 amide bonds. The number of nitrogens with one attached hydrogen (secondary N) is 1. The summed E-state index contributed by atoms with van der Waals surface area (Å²) in [5.41, 5.74) is 0.288. The van der Waals surface area contributed by atoms with Crippen molar-refractivity contribution in [1.82, 2.24) is 5.32 Å². The van der Waals surface area contributed by atoms with E-state index in [1.54, 1.807) is 42.5 Å². The van der Waals surface area contributed by atoms with Gasteiger partial charge in [-0.2, -0.15) is 10.5 Å². The third kappa shape index (κ3) is 2.76. The number of nitriles is 2. The molecule has 4 atom stereocenters. The third-order valence-electron chi connectivity index (χ3n) is 4.72. The van der Waals surface area contributed by atoms with Gasteiger partial charge in [0, 0.05) is 11.5 Å². The zero-order valence-corrected chi connectivity index (χ0v) is 13.7. The molecule has 0 bridgehead atoms. The summed E-state index contributed by atoms with van der Waals surface area (Å²) in [7, 11) is 0. The standard InChI is InChI=1S/C20H17N3O2/c1-13-7-9-14(10-8-13)18-16(11-21)19(24)23-20(25,17(18)12-22)15-5-3-2-4-6-15/h2-10,16-18,25H,1H3,(H,23,24). The normalized spacial score (nSPS) is 28.5. The Morgan fingerprint density at radius 1 is 1.04 bits per heavy atom. The number of carbonyl (C=O) groups excluding carboxylic acids is 1. The molecule has 4 unspecified atom stereocenters. The van der Waals surface area contributed by atoms with Gasteiger partial charge in [-0.05, 0) is 12.5 Å². The van der Waals surface area contributed by atoms with Crippen LogP contribution in [0.5, 0.6) is 0 Å². The molecule has 5 nitrogen and oxygen atoms in total. The van der Waals surface area contributed by atoms with Crippen molar-refractivity contribution in [3.8, 4) is 12.1 Å². The highest BCUT2D eigenvalue weighted by Crippen LogP contribution is 2.45. The molecular weight excluding hydrogens is 314 g/mol. The van der Waals surface area contributed by atoms with E-state index in [9.17, 15) is 20.4 Å². The minimum Gasteiger partial charge on any atom is -0.366 e. The van der Waals surface area contributed by atoms with Gasteiger partial charge in [0.15, 0.2) is 5.72 Å². The second-order valence-corrected chi connectivity index (χ2v) is 6.27. The number of aryl methyl sites for hydroxylation is 1. The highest BCUT2D eigenvalue weighted by molar-refractivity contribution is 5.84. The first-order valence-electron chi connectivity index (χ1n) is 7.97. The summed E-state index contributed by atoms with van der Waals surface area (Å²) in [6.45, 7) is 1.93. The number of amides is 1. The van der Waals surface area contributed by atoms with Crippen LogP contribution in [0.15, 0.2) is 54.6 Å². The number of carbonyl (C=O) groups is 1. The van der Waals surface area contributed by atoms with Crippen LogP contribution in [-0.2, 0) is 10.5 Å². The molecule has 1 aliphatic heterocycles. The number of hydrogen-bond acceptors (Lipinski definition) is 4. The Labute approximate surface area is 146 Å². The van der Waals surface area contributed by atoms with Gasteiger partial charge in [-0.15, -0.1) is 0 Å². The van der Waals surface area contributed by atoms with Gasteiger partial charge in [-0.25, -0.2) is 0 Å². The lowest BCUT2D eigenvalue weighted by molar-refractivity contribution is -0.145. The molecule has 0 radical (unpaired) electrons. The Morgan fingerprint density at radius 3 is 2.24 bits per heavy atom. The van der Waals surface area contributed by atoms with Crippen molar-refractivity contribution in [1.29, 1.82) is 10.5 Å². The molecule has 2 N–H and O–H groups in total. The van der Waals surface area contributed by atoms with Crippen molar-refractivity contribution in [3.05, 3.63) is 71.3 Å². The van der Waals surface area contributed by atoms with Gasteiger partial charge in [0.25, 0.3) is 0 Å². The van der Waals surface area contributed by atoms with E-state index in [-0.39, 0.29) is 0 Å². The van der Waals surface area contributed by atoms with Gasteiger partial charge in [-0.1, -0.05) is 60.2 Å². The average Bonchev–Trinajstić information content (AvgIpc) is 2.62. The van der Waals surface area contributed by atoms with E-state index in [4.69, 9.17) is 0 Å². The highest BCUT2D eigenvalue weighted by atomic mass is 16.3. The fourth-order valence-electron chi connectivity index (χ4n) is 3.39. The maximum Gasteiger partial charge on any atom is 0.240 e. The van der Waals surface area contributed by atoms with E-state index in [2.05, 4.69) is 11.4 Å². The molecule has 124 valence electrons. The van der Waals surface area contributed by atoms with Crippen molar-refractivity contribution < 1.29 is 9.90 Å². The summed E-state index contributed by atoms with van der Waals surface area (Å²) in [5.74, 6) is -3.35. The number of aliphatic hydroxyl groups is 1. The minimum absolute atomic E-state index is 0.420. The molecule has 5 heteroatoms. The molecule has 1 heterocycles. The monoisotopic (exact) mass is 331 g/mol. The zero-order valence-electron chi connectivity index (χ0n) is 13.7. The first-order chi connectivity index (χ1) is 12.0. The average molecular weight is 331 g/mol. The van der Waals surface area contributed by atoms with E-state index in [0.29, 0.717) is 11.1 Å². The topological polar surface area (TPSA) is 96.9 Å². The molecule has 0 aromatic heterocycles. The number of rotatable bonds is 2. The summed E-state index contributed by atoms with van der Waals surface area (Å²) >= 11 is 0. The van der Waals surface area contributed by atoms with Crippen LogP contribution in [0.4, 0.5) is 0 Å². The number of piperidine rings is 1. The van der Waals surface area contributed by atoms with E-state index >= 15 is 0 Å². The second-order valence-electron chi connectivity index (χ2n) is 6.27. The van der Waals surface area contributed by atoms with Gasteiger partial charge >= 0.3 is 0 Å². The number of benzene rings is 2. The SMILES string of the molecule is Cc1ccc(C2C(C#N)C(=O)NC(O)(c3ccccc3)C2C#N)cc1. The van der Waals surface area contributed by atoms with Crippen molar-refractivity contribution in [2.45, 2.75) is 18.6 Å². The minimum atomic E-state index is -1.85. The Bertz CT molecular complexity index is 865. The Balaban J connectivity index is 2.16. The van der Waals surface area contributed by atoms with Gasteiger partial charge in [0.2, 0.25) is 5.91 Å². The van der Waals surface area contributed by atoms with Gasteiger partial charge in [0.05, 0.1) is 12.1 Å². The Morgan fingerprint density at radius 2 is 1.68 bits per heavy atom. The van der Waals surface area contributed by atoms with Crippen molar-refractivity contribution >= 4 is 5.91 Å². The first-order valence-corrected chi connectivity index (χ1v) is 7.97. The Hall–Kier alpha value is -3.15. The van der Waals surface area contributed by atoms with Crippen LogP contribution in [0.1, 0.15) is 22.6 Å². The molecule has 1 fully saturated rings. The molecule has 1 saturated heterocycles. The lowest BCUT2D eigenvalue weighted by Gasteiger charge is -2.43. The fourth-order valence-corrected chi connectivity index (χ4v) is 3.39. The third-order valence-corrected chi connectivity index (χ3v) is 4.72. The van der Waals surface area contributed by atoms with Gasteiger partial charge in [-0.3, -0.25) is 4.79 Å². The van der Waals surface area contributed by atoms with Crippen LogP contribution in [0.2, 0.25) is 0 Å². The van der Waals surface area contributed by atoms with Crippen LogP contribution in [0.25, 0.3) is 0 Å². The number of nitrogens with zero attached hydrogens (tertiary/aromatic N) is 2. The molecule has 0 spiro atoms. The molecule has 2 aromatic carbocycles. The maximum absolute atomic E-state index is 12.5. The van der Waals surface area contributed by atoms with Crippen LogP contribution in [0, 0.1) is 41.4 Å². The summed E-state index contributed by atoms with van der Waals surface area (Å²) in [6.07, 6.45) is 0.